The Balaban J connectivity index is 2.18. The third kappa shape index (κ3) is 3.05. The van der Waals surface area contributed by atoms with Crippen LogP contribution in [-0.4, -0.2) is 34.3 Å². The van der Waals surface area contributed by atoms with Crippen LogP contribution < -0.4 is 10.6 Å². The van der Waals surface area contributed by atoms with Crippen LogP contribution in [-0.2, 0) is 21.5 Å². The minimum Gasteiger partial charge on any atom is -0.493 e. The highest BCUT2D eigenvalue weighted by Gasteiger charge is 2.25. The molecule has 0 unspecified atom stereocenters. The molecular weight excluding hydrogens is 372 g/mol. The summed E-state index contributed by atoms with van der Waals surface area (Å²) in [6, 6.07) is 5.35. The van der Waals surface area contributed by atoms with Gasteiger partial charge in [0.05, 0.1) is 16.7 Å². The van der Waals surface area contributed by atoms with Crippen LogP contribution in [0.5, 0.6) is 5.88 Å². The van der Waals surface area contributed by atoms with Gasteiger partial charge < -0.3 is 5.11 Å². The zero-order chi connectivity index (χ0) is 17.6. The largest absolute Gasteiger partial charge is 0.493 e. The lowest BCUT2D eigenvalue weighted by molar-refractivity contribution is -0.112. The second-order valence-electron chi connectivity index (χ2n) is 5.27. The predicted octanol–water partition coefficient (Wildman–Crippen LogP) is 0.540. The molecule has 0 saturated carbocycles. The Bertz CT molecular complexity index is 1140. The van der Waals surface area contributed by atoms with Gasteiger partial charge in [0.1, 0.15) is 4.88 Å². The summed E-state index contributed by atoms with van der Waals surface area (Å²) in [5.74, 6) is -1.38. The van der Waals surface area contributed by atoms with Crippen LogP contribution >= 0.6 is 23.6 Å². The summed E-state index contributed by atoms with van der Waals surface area (Å²) in [5.41, 5.74) is 1.18. The average molecular weight is 384 g/mol. The van der Waals surface area contributed by atoms with Gasteiger partial charge in [0.25, 0.3) is 16.0 Å². The summed E-state index contributed by atoms with van der Waals surface area (Å²) >= 11 is 6.13. The molecule has 0 aliphatic carbocycles. The van der Waals surface area contributed by atoms with Crippen molar-refractivity contribution in [3.8, 4) is 5.88 Å². The number of aromatic nitrogens is 1. The van der Waals surface area contributed by atoms with Crippen molar-refractivity contribution >= 4 is 45.2 Å². The monoisotopic (exact) mass is 384 g/mol. The molecule has 0 radical (unpaired) electrons. The maximum atomic E-state index is 12.2. The van der Waals surface area contributed by atoms with Crippen molar-refractivity contribution in [2.24, 2.45) is 4.99 Å². The molecule has 2 aromatic rings. The summed E-state index contributed by atoms with van der Waals surface area (Å²) < 4.78 is 32.0. The van der Waals surface area contributed by atoms with Crippen molar-refractivity contribution < 1.29 is 22.9 Å². The normalized spacial score (nSPS) is 13.9. The first-order valence-corrected chi connectivity index (χ1v) is 9.63. The fraction of sp³-hybridized carbons (Fsp3) is 0.214. The zero-order valence-electron chi connectivity index (χ0n) is 12.4. The molecule has 0 spiro atoms. The lowest BCUT2D eigenvalue weighted by Gasteiger charge is -2.04. The van der Waals surface area contributed by atoms with Crippen LogP contribution in [0.25, 0.3) is 5.57 Å². The van der Waals surface area contributed by atoms with E-state index in [1.807, 2.05) is 13.0 Å². The number of amides is 1. The van der Waals surface area contributed by atoms with Crippen LogP contribution in [0.4, 0.5) is 0 Å². The zero-order valence-corrected chi connectivity index (χ0v) is 14.8. The van der Waals surface area contributed by atoms with E-state index in [0.29, 0.717) is 10.6 Å². The van der Waals surface area contributed by atoms with Crippen molar-refractivity contribution in [2.75, 3.05) is 5.75 Å². The van der Waals surface area contributed by atoms with Gasteiger partial charge in [0.15, 0.2) is 3.95 Å². The molecule has 7 nitrogen and oxygen atoms in total. The number of hydrogen-bond donors (Lipinski definition) is 2. The number of rotatable bonds is 4. The standard InChI is InChI=1S/C14H12N2O5S3/c1-7-2-3-9-8(6-7)10(12(17)15-9)11-13(18)16(14(22)23-11)4-5-24(19,20)21/h2-3,6,18H,4-5H2,1H3,(H,19,20,21). The number of hydrogen-bond acceptors (Lipinski definition) is 6. The van der Waals surface area contributed by atoms with Crippen LogP contribution in [0, 0.1) is 10.9 Å². The van der Waals surface area contributed by atoms with E-state index >= 15 is 0 Å². The highest BCUT2D eigenvalue weighted by atomic mass is 32.2. The van der Waals surface area contributed by atoms with Crippen molar-refractivity contribution in [3.63, 3.8) is 0 Å². The van der Waals surface area contributed by atoms with Crippen molar-refractivity contribution in [1.29, 1.82) is 0 Å². The Labute approximate surface area is 146 Å². The van der Waals surface area contributed by atoms with Crippen LogP contribution in [0.1, 0.15) is 10.4 Å². The summed E-state index contributed by atoms with van der Waals surface area (Å²) in [6.07, 6.45) is 0. The van der Waals surface area contributed by atoms with Crippen LogP contribution in [0.2, 0.25) is 0 Å². The first-order chi connectivity index (χ1) is 11.2. The number of carbonyl (C=O) groups is 1. The van der Waals surface area contributed by atoms with Gasteiger partial charge in [-0.3, -0.25) is 13.9 Å². The Kier molecular flexibility index (Phi) is 4.16. The molecule has 1 aromatic carbocycles. The third-order valence-electron chi connectivity index (χ3n) is 3.53. The number of nitrogens with zero attached hydrogens (tertiary/aromatic N) is 2. The Morgan fingerprint density at radius 1 is 1.38 bits per heavy atom. The summed E-state index contributed by atoms with van der Waals surface area (Å²) in [7, 11) is -4.20. The highest BCUT2D eigenvalue weighted by Crippen LogP contribution is 2.32. The molecule has 3 rings (SSSR count). The van der Waals surface area contributed by atoms with E-state index in [1.165, 1.54) is 4.57 Å². The number of thiazole rings is 1. The van der Waals surface area contributed by atoms with Gasteiger partial charge in [-0.1, -0.05) is 11.6 Å². The maximum absolute atomic E-state index is 12.2. The van der Waals surface area contributed by atoms with Gasteiger partial charge in [0, 0.05) is 11.8 Å². The fourth-order valence-corrected chi connectivity index (χ4v) is 4.22. The lowest BCUT2D eigenvalue weighted by atomic mass is 10.1. The Morgan fingerprint density at radius 2 is 2.08 bits per heavy atom. The number of aromatic hydroxyl groups is 1. The maximum Gasteiger partial charge on any atom is 0.279 e. The minimum atomic E-state index is -4.20. The van der Waals surface area contributed by atoms with E-state index in [1.54, 1.807) is 12.1 Å². The molecule has 126 valence electrons. The predicted molar refractivity (Wildman–Crippen MR) is 90.7 cm³/mol. The molecule has 2 heterocycles. The molecule has 1 amide bonds. The second-order valence-corrected chi connectivity index (χ2v) is 8.49. The van der Waals surface area contributed by atoms with E-state index < -0.39 is 21.8 Å². The molecule has 0 atom stereocenters. The van der Waals surface area contributed by atoms with Crippen molar-refractivity contribution in [1.82, 2.24) is 4.57 Å². The molecule has 1 aliphatic heterocycles. The average Bonchev–Trinajstić information content (AvgIpc) is 2.92. The fourth-order valence-electron chi connectivity index (χ4n) is 2.41. The molecule has 1 aliphatic rings. The number of benzene rings is 1. The topological polar surface area (TPSA) is 109 Å². The van der Waals surface area contributed by atoms with E-state index in [4.69, 9.17) is 16.8 Å². The number of aryl methyl sites for hydroxylation is 1. The molecule has 10 heteroatoms. The molecular formula is C14H12N2O5S3. The summed E-state index contributed by atoms with van der Waals surface area (Å²) in [6.45, 7) is 1.67. The van der Waals surface area contributed by atoms with Gasteiger partial charge >= 0.3 is 0 Å². The van der Waals surface area contributed by atoms with Gasteiger partial charge in [-0.05, 0) is 31.3 Å². The molecule has 24 heavy (non-hydrogen) atoms. The van der Waals surface area contributed by atoms with E-state index in [2.05, 4.69) is 4.99 Å². The molecule has 0 fully saturated rings. The smallest absolute Gasteiger partial charge is 0.279 e. The van der Waals surface area contributed by atoms with Crippen molar-refractivity contribution in [3.05, 3.63) is 43.2 Å². The number of fused-ring (bicyclic) bond motifs is 1. The lowest BCUT2D eigenvalue weighted by Crippen LogP contribution is -2.23. The summed E-state index contributed by atoms with van der Waals surface area (Å²) in [4.78, 5) is 16.4. The van der Waals surface area contributed by atoms with Gasteiger partial charge in [0.2, 0.25) is 5.88 Å². The highest BCUT2D eigenvalue weighted by molar-refractivity contribution is 7.85. The second kappa shape index (κ2) is 5.88. The molecule has 1 aromatic heterocycles. The van der Waals surface area contributed by atoms with E-state index in [-0.39, 0.29) is 26.8 Å². The first kappa shape index (κ1) is 17.0. The quantitative estimate of drug-likeness (QED) is 0.588. The SMILES string of the molecule is Cc1ccc2c(c1)=C(c1sc(=S)n(CCS(=O)(=O)O)c1O)C(=O)N=2. The molecule has 0 bridgehead atoms. The number of carbonyl (C=O) groups excluding carboxylic acids is 1. The minimum absolute atomic E-state index is 0.201. The third-order valence-corrected chi connectivity index (χ3v) is 5.68. The Morgan fingerprint density at radius 3 is 2.75 bits per heavy atom. The van der Waals surface area contributed by atoms with Gasteiger partial charge in [-0.15, -0.1) is 11.3 Å². The van der Waals surface area contributed by atoms with E-state index in [0.717, 1.165) is 16.9 Å². The first-order valence-electron chi connectivity index (χ1n) is 6.79. The Hall–Kier alpha value is -1.88. The molecule has 0 saturated heterocycles. The summed E-state index contributed by atoms with van der Waals surface area (Å²) in [5, 5.41) is 11.5. The van der Waals surface area contributed by atoms with Crippen LogP contribution in [0.15, 0.2) is 23.2 Å². The van der Waals surface area contributed by atoms with Crippen molar-refractivity contribution in [2.45, 2.75) is 13.5 Å². The van der Waals surface area contributed by atoms with Gasteiger partial charge in [-0.2, -0.15) is 8.42 Å². The van der Waals surface area contributed by atoms with Crippen LogP contribution in [0.3, 0.4) is 0 Å². The van der Waals surface area contributed by atoms with Gasteiger partial charge in [-0.25, -0.2) is 4.99 Å². The van der Waals surface area contributed by atoms with E-state index in [9.17, 15) is 18.3 Å². The molecule has 2 N–H and O–H groups in total.